The molecule has 0 aromatic rings. The highest BCUT2D eigenvalue weighted by atomic mass is 16.8. The number of hydrogen-bond acceptors (Lipinski definition) is 7. The van der Waals surface area contributed by atoms with Crippen LogP contribution < -0.4 is 0 Å². The largest absolute Gasteiger partial charge is 0.433 e. The maximum absolute atomic E-state index is 11.8. The van der Waals surface area contributed by atoms with E-state index in [-0.39, 0.29) is 18.2 Å². The fraction of sp³-hybridized carbons (Fsp3) is 0.938. The normalized spacial score (nSPS) is 41.0. The minimum absolute atomic E-state index is 0.287. The summed E-state index contributed by atoms with van der Waals surface area (Å²) in [5.74, 6) is -1.70. The third kappa shape index (κ3) is 3.53. The van der Waals surface area contributed by atoms with Crippen LogP contribution in [-0.4, -0.2) is 54.9 Å². The zero-order valence-corrected chi connectivity index (χ0v) is 14.4. The zero-order valence-electron chi connectivity index (χ0n) is 14.4. The number of ether oxygens (including phenoxy) is 6. The molecule has 3 aliphatic rings. The van der Waals surface area contributed by atoms with Crippen molar-refractivity contribution in [3.8, 4) is 0 Å². The van der Waals surface area contributed by atoms with E-state index in [2.05, 4.69) is 0 Å². The maximum Gasteiger partial charge on any atom is 0.308 e. The van der Waals surface area contributed by atoms with E-state index < -0.39 is 30.1 Å². The Labute approximate surface area is 136 Å². The van der Waals surface area contributed by atoms with Gasteiger partial charge in [0.15, 0.2) is 17.7 Å². The molecule has 7 heteroatoms. The first kappa shape index (κ1) is 17.1. The molecule has 0 aromatic carbocycles. The van der Waals surface area contributed by atoms with Crippen molar-refractivity contribution in [1.82, 2.24) is 0 Å². The molecule has 132 valence electrons. The Kier molecular flexibility index (Phi) is 4.44. The summed E-state index contributed by atoms with van der Waals surface area (Å²) in [7, 11) is 0. The van der Waals surface area contributed by atoms with Crippen LogP contribution in [0.5, 0.6) is 0 Å². The SMILES string of the molecule is CCCC(=O)OC1OC(C2COC(C)(C)O2)C2OC(C)(C)OC12. The molecule has 3 fully saturated rings. The first-order valence-corrected chi connectivity index (χ1v) is 8.23. The number of rotatable bonds is 4. The number of carbonyl (C=O) groups is 1. The smallest absolute Gasteiger partial charge is 0.308 e. The first-order valence-electron chi connectivity index (χ1n) is 8.23. The standard InChI is InChI=1S/C16H26O7/c1-6-7-10(17)19-14-13-12(22-16(4,5)23-13)11(20-14)9-8-18-15(2,3)21-9/h9,11-14H,6-8H2,1-5H3. The highest BCUT2D eigenvalue weighted by molar-refractivity contribution is 5.69. The van der Waals surface area contributed by atoms with Gasteiger partial charge in [-0.15, -0.1) is 0 Å². The average Bonchev–Trinajstić information content (AvgIpc) is 3.02. The molecule has 0 aliphatic carbocycles. The lowest BCUT2D eigenvalue weighted by atomic mass is 10.1. The van der Waals surface area contributed by atoms with Gasteiger partial charge in [-0.25, -0.2) is 0 Å². The van der Waals surface area contributed by atoms with Crippen LogP contribution in [0.2, 0.25) is 0 Å². The molecule has 5 unspecified atom stereocenters. The molecule has 3 saturated heterocycles. The van der Waals surface area contributed by atoms with Crippen molar-refractivity contribution in [2.75, 3.05) is 6.61 Å². The van der Waals surface area contributed by atoms with Gasteiger partial charge < -0.3 is 28.4 Å². The van der Waals surface area contributed by atoms with Gasteiger partial charge in [-0.3, -0.25) is 4.79 Å². The van der Waals surface area contributed by atoms with Crippen molar-refractivity contribution in [2.24, 2.45) is 0 Å². The molecule has 0 saturated carbocycles. The van der Waals surface area contributed by atoms with E-state index in [1.165, 1.54) is 0 Å². The van der Waals surface area contributed by atoms with Crippen LogP contribution in [0.3, 0.4) is 0 Å². The van der Waals surface area contributed by atoms with Crippen LogP contribution in [-0.2, 0) is 33.2 Å². The van der Waals surface area contributed by atoms with E-state index in [9.17, 15) is 4.79 Å². The minimum atomic E-state index is -0.780. The molecule has 0 amide bonds. The molecular weight excluding hydrogens is 304 g/mol. The van der Waals surface area contributed by atoms with Crippen LogP contribution in [0, 0.1) is 0 Å². The van der Waals surface area contributed by atoms with Crippen LogP contribution in [0.25, 0.3) is 0 Å². The Morgan fingerprint density at radius 1 is 1.04 bits per heavy atom. The molecule has 3 heterocycles. The zero-order chi connectivity index (χ0) is 16.8. The summed E-state index contributed by atoms with van der Waals surface area (Å²) in [4.78, 5) is 11.8. The second-order valence-corrected chi connectivity index (χ2v) is 7.14. The van der Waals surface area contributed by atoms with E-state index in [1.807, 2.05) is 34.6 Å². The van der Waals surface area contributed by atoms with Gasteiger partial charge in [0.25, 0.3) is 0 Å². The van der Waals surface area contributed by atoms with E-state index in [0.717, 1.165) is 6.42 Å². The molecule has 5 atom stereocenters. The van der Waals surface area contributed by atoms with Crippen LogP contribution in [0.15, 0.2) is 0 Å². The maximum atomic E-state index is 11.8. The van der Waals surface area contributed by atoms with Crippen molar-refractivity contribution < 1.29 is 33.2 Å². The van der Waals surface area contributed by atoms with Gasteiger partial charge in [0.05, 0.1) is 6.61 Å². The Morgan fingerprint density at radius 3 is 2.35 bits per heavy atom. The highest BCUT2D eigenvalue weighted by Gasteiger charge is 2.60. The number of carbonyl (C=O) groups excluding carboxylic acids is 1. The minimum Gasteiger partial charge on any atom is -0.433 e. The van der Waals surface area contributed by atoms with Gasteiger partial charge in [0.2, 0.25) is 6.29 Å². The predicted molar refractivity (Wildman–Crippen MR) is 78.4 cm³/mol. The quantitative estimate of drug-likeness (QED) is 0.727. The van der Waals surface area contributed by atoms with E-state index >= 15 is 0 Å². The molecule has 0 N–H and O–H groups in total. The number of esters is 1. The van der Waals surface area contributed by atoms with Crippen LogP contribution in [0.4, 0.5) is 0 Å². The summed E-state index contributed by atoms with van der Waals surface area (Å²) in [6.45, 7) is 9.71. The van der Waals surface area contributed by atoms with Gasteiger partial charge in [-0.2, -0.15) is 0 Å². The van der Waals surface area contributed by atoms with Crippen LogP contribution >= 0.6 is 0 Å². The lowest BCUT2D eigenvalue weighted by molar-refractivity contribution is -0.244. The van der Waals surface area contributed by atoms with E-state index in [0.29, 0.717) is 13.0 Å². The second kappa shape index (κ2) is 5.97. The lowest BCUT2D eigenvalue weighted by Crippen LogP contribution is -2.40. The number of hydrogen-bond donors (Lipinski definition) is 0. The van der Waals surface area contributed by atoms with Gasteiger partial charge in [-0.05, 0) is 34.1 Å². The topological polar surface area (TPSA) is 72.5 Å². The van der Waals surface area contributed by atoms with Gasteiger partial charge >= 0.3 is 5.97 Å². The molecule has 3 rings (SSSR count). The van der Waals surface area contributed by atoms with Crippen molar-refractivity contribution in [2.45, 2.75) is 89.7 Å². The summed E-state index contributed by atoms with van der Waals surface area (Å²) in [6.07, 6.45) is -1.21. The first-order chi connectivity index (χ1) is 10.7. The molecular formula is C16H26O7. The molecule has 3 aliphatic heterocycles. The lowest BCUT2D eigenvalue weighted by Gasteiger charge is -2.26. The molecule has 0 spiro atoms. The predicted octanol–water partition coefficient (Wildman–Crippen LogP) is 1.73. The summed E-state index contributed by atoms with van der Waals surface area (Å²) < 4.78 is 34.7. The van der Waals surface area contributed by atoms with Crippen LogP contribution in [0.1, 0.15) is 47.5 Å². The molecule has 23 heavy (non-hydrogen) atoms. The third-order valence-electron chi connectivity index (χ3n) is 4.15. The fourth-order valence-corrected chi connectivity index (χ4v) is 3.26. The monoisotopic (exact) mass is 330 g/mol. The highest BCUT2D eigenvalue weighted by Crippen LogP contribution is 2.42. The Hall–Kier alpha value is -0.730. The fourth-order valence-electron chi connectivity index (χ4n) is 3.26. The van der Waals surface area contributed by atoms with Crippen molar-refractivity contribution in [3.63, 3.8) is 0 Å². The average molecular weight is 330 g/mol. The van der Waals surface area contributed by atoms with Crippen molar-refractivity contribution in [3.05, 3.63) is 0 Å². The Balaban J connectivity index is 1.73. The number of fused-ring (bicyclic) bond motifs is 1. The molecule has 0 aromatic heterocycles. The molecule has 0 radical (unpaired) electrons. The van der Waals surface area contributed by atoms with E-state index in [4.69, 9.17) is 28.4 Å². The molecule has 7 nitrogen and oxygen atoms in total. The second-order valence-electron chi connectivity index (χ2n) is 7.14. The summed E-state index contributed by atoms with van der Waals surface area (Å²) >= 11 is 0. The van der Waals surface area contributed by atoms with Crippen molar-refractivity contribution >= 4 is 5.97 Å². The van der Waals surface area contributed by atoms with E-state index in [1.54, 1.807) is 0 Å². The third-order valence-corrected chi connectivity index (χ3v) is 4.15. The van der Waals surface area contributed by atoms with Gasteiger partial charge in [0, 0.05) is 6.42 Å². The summed E-state index contributed by atoms with van der Waals surface area (Å²) in [5, 5.41) is 0. The Morgan fingerprint density at radius 2 is 1.74 bits per heavy atom. The van der Waals surface area contributed by atoms with Gasteiger partial charge in [0.1, 0.15) is 18.3 Å². The van der Waals surface area contributed by atoms with Crippen molar-refractivity contribution in [1.29, 1.82) is 0 Å². The Bertz CT molecular complexity index is 461. The summed E-state index contributed by atoms with van der Waals surface area (Å²) in [5.41, 5.74) is 0. The summed E-state index contributed by atoms with van der Waals surface area (Å²) in [6, 6.07) is 0. The molecule has 0 bridgehead atoms. The van der Waals surface area contributed by atoms with Gasteiger partial charge in [-0.1, -0.05) is 6.92 Å².